The van der Waals surface area contributed by atoms with Gasteiger partial charge in [0.15, 0.2) is 0 Å². The molecule has 16 heavy (non-hydrogen) atoms. The molecule has 1 fully saturated rings. The van der Waals surface area contributed by atoms with E-state index >= 15 is 0 Å². The first kappa shape index (κ1) is 10.5. The average Bonchev–Trinajstić information content (AvgIpc) is 2.23. The van der Waals surface area contributed by atoms with Crippen LogP contribution in [0.3, 0.4) is 0 Å². The second-order valence-electron chi connectivity index (χ2n) is 5.04. The SMILES string of the molecule is O[C@@H]1[C@@H]2[C@H](C=C[C@@H]1O)[C@H]1C=C[C@H](O)[C@H](O)[C@H]12. The van der Waals surface area contributed by atoms with E-state index in [4.69, 9.17) is 0 Å². The standard InChI is InChI=1S/C12H16O4/c13-7-3-1-5-6-2-4-8(14)12(16)10(6)9(5)11(7)15/h1-16H/t5-,6-,7+,8+,9-,10-,11+,12+/m1/s1. The summed E-state index contributed by atoms with van der Waals surface area (Å²) in [4.78, 5) is 0. The molecule has 8 atom stereocenters. The molecule has 4 nitrogen and oxygen atoms in total. The maximum absolute atomic E-state index is 9.89. The third kappa shape index (κ3) is 1.18. The summed E-state index contributed by atoms with van der Waals surface area (Å²) in [6, 6.07) is 0. The van der Waals surface area contributed by atoms with Crippen molar-refractivity contribution in [1.29, 1.82) is 0 Å². The van der Waals surface area contributed by atoms with Gasteiger partial charge in [0.05, 0.1) is 24.4 Å². The van der Waals surface area contributed by atoms with E-state index < -0.39 is 24.4 Å². The Morgan fingerprint density at radius 2 is 0.938 bits per heavy atom. The van der Waals surface area contributed by atoms with Gasteiger partial charge in [-0.3, -0.25) is 0 Å². The zero-order valence-corrected chi connectivity index (χ0v) is 8.72. The topological polar surface area (TPSA) is 80.9 Å². The second kappa shape index (κ2) is 3.40. The van der Waals surface area contributed by atoms with Gasteiger partial charge in [-0.2, -0.15) is 0 Å². The number of hydrogen-bond donors (Lipinski definition) is 4. The normalized spacial score (nSPS) is 58.8. The van der Waals surface area contributed by atoms with Crippen molar-refractivity contribution >= 4 is 0 Å². The van der Waals surface area contributed by atoms with Gasteiger partial charge in [0.25, 0.3) is 0 Å². The van der Waals surface area contributed by atoms with Gasteiger partial charge >= 0.3 is 0 Å². The van der Waals surface area contributed by atoms with Crippen LogP contribution >= 0.6 is 0 Å². The highest BCUT2D eigenvalue weighted by molar-refractivity contribution is 5.24. The number of hydrogen-bond acceptors (Lipinski definition) is 4. The van der Waals surface area contributed by atoms with Crippen LogP contribution in [-0.4, -0.2) is 44.8 Å². The van der Waals surface area contributed by atoms with Crippen LogP contribution in [-0.2, 0) is 0 Å². The molecule has 1 saturated carbocycles. The van der Waals surface area contributed by atoms with E-state index in [1.165, 1.54) is 0 Å². The van der Waals surface area contributed by atoms with Crippen molar-refractivity contribution in [3.63, 3.8) is 0 Å². The quantitative estimate of drug-likeness (QED) is 0.400. The van der Waals surface area contributed by atoms with Crippen molar-refractivity contribution in [2.75, 3.05) is 0 Å². The zero-order valence-electron chi connectivity index (χ0n) is 8.72. The highest BCUT2D eigenvalue weighted by Crippen LogP contribution is 2.55. The summed E-state index contributed by atoms with van der Waals surface area (Å²) in [5.74, 6) is 0.0859. The van der Waals surface area contributed by atoms with E-state index in [1.807, 2.05) is 12.2 Å². The van der Waals surface area contributed by atoms with Gasteiger partial charge in [0.1, 0.15) is 0 Å². The van der Waals surface area contributed by atoms with Gasteiger partial charge in [-0.05, 0) is 11.8 Å². The van der Waals surface area contributed by atoms with E-state index in [9.17, 15) is 20.4 Å². The Hall–Kier alpha value is -0.680. The van der Waals surface area contributed by atoms with Crippen molar-refractivity contribution < 1.29 is 20.4 Å². The first-order valence-corrected chi connectivity index (χ1v) is 5.70. The van der Waals surface area contributed by atoms with Gasteiger partial charge in [0, 0.05) is 11.8 Å². The van der Waals surface area contributed by atoms with Crippen LogP contribution in [0.15, 0.2) is 24.3 Å². The van der Waals surface area contributed by atoms with Gasteiger partial charge in [-0.1, -0.05) is 24.3 Å². The van der Waals surface area contributed by atoms with E-state index in [1.54, 1.807) is 12.2 Å². The molecule has 0 saturated heterocycles. The second-order valence-corrected chi connectivity index (χ2v) is 5.04. The van der Waals surface area contributed by atoms with Crippen LogP contribution in [0.2, 0.25) is 0 Å². The molecule has 0 spiro atoms. The minimum Gasteiger partial charge on any atom is -0.390 e. The maximum atomic E-state index is 9.89. The molecular formula is C12H16O4. The fourth-order valence-electron chi connectivity index (χ4n) is 3.47. The Bertz CT molecular complexity index is 317. The smallest absolute Gasteiger partial charge is 0.0983 e. The van der Waals surface area contributed by atoms with Crippen LogP contribution in [0.4, 0.5) is 0 Å². The van der Waals surface area contributed by atoms with E-state index in [2.05, 4.69) is 0 Å². The molecule has 0 aromatic rings. The highest BCUT2D eigenvalue weighted by Gasteiger charge is 2.58. The molecule has 4 N–H and O–H groups in total. The number of aliphatic hydroxyl groups is 4. The molecule has 0 aliphatic heterocycles. The van der Waals surface area contributed by atoms with Crippen LogP contribution in [0.25, 0.3) is 0 Å². The lowest BCUT2D eigenvalue weighted by atomic mass is 9.49. The summed E-state index contributed by atoms with van der Waals surface area (Å²) in [6.07, 6.45) is 3.71. The molecule has 0 heterocycles. The molecular weight excluding hydrogens is 208 g/mol. The summed E-state index contributed by atoms with van der Waals surface area (Å²) < 4.78 is 0. The summed E-state index contributed by atoms with van der Waals surface area (Å²) in [5.41, 5.74) is 0. The largest absolute Gasteiger partial charge is 0.390 e. The molecule has 0 amide bonds. The molecule has 0 unspecified atom stereocenters. The molecule has 0 radical (unpaired) electrons. The van der Waals surface area contributed by atoms with E-state index in [0.717, 1.165) is 0 Å². The number of fused-ring (bicyclic) bond motifs is 4. The van der Waals surface area contributed by atoms with Crippen LogP contribution in [0.5, 0.6) is 0 Å². The Kier molecular flexibility index (Phi) is 2.23. The van der Waals surface area contributed by atoms with Crippen LogP contribution in [0.1, 0.15) is 0 Å². The molecule has 0 aromatic heterocycles. The first-order chi connectivity index (χ1) is 7.61. The third-order valence-corrected chi connectivity index (χ3v) is 4.33. The molecule has 3 rings (SSSR count). The van der Waals surface area contributed by atoms with Crippen molar-refractivity contribution in [1.82, 2.24) is 0 Å². The Morgan fingerprint density at radius 3 is 1.31 bits per heavy atom. The number of allylic oxidation sites excluding steroid dienone is 2. The number of rotatable bonds is 0. The lowest BCUT2D eigenvalue weighted by Crippen LogP contribution is -2.62. The minimum atomic E-state index is -0.850. The molecule has 3 aliphatic carbocycles. The predicted molar refractivity (Wildman–Crippen MR) is 56.3 cm³/mol. The van der Waals surface area contributed by atoms with E-state index in [0.29, 0.717) is 0 Å². The summed E-state index contributed by atoms with van der Waals surface area (Å²) >= 11 is 0. The van der Waals surface area contributed by atoms with Crippen molar-refractivity contribution in [3.8, 4) is 0 Å². The minimum absolute atomic E-state index is 0.139. The lowest BCUT2D eigenvalue weighted by Gasteiger charge is -2.57. The zero-order chi connectivity index (χ0) is 11.4. The maximum Gasteiger partial charge on any atom is 0.0983 e. The monoisotopic (exact) mass is 224 g/mol. The van der Waals surface area contributed by atoms with Crippen LogP contribution in [0, 0.1) is 23.7 Å². The van der Waals surface area contributed by atoms with Crippen molar-refractivity contribution in [2.45, 2.75) is 24.4 Å². The summed E-state index contributed by atoms with van der Waals surface area (Å²) in [6.45, 7) is 0. The lowest BCUT2D eigenvalue weighted by molar-refractivity contribution is -0.163. The van der Waals surface area contributed by atoms with Gasteiger partial charge in [-0.25, -0.2) is 0 Å². The van der Waals surface area contributed by atoms with Gasteiger partial charge in [-0.15, -0.1) is 0 Å². The Balaban J connectivity index is 1.91. The molecule has 0 aromatic carbocycles. The van der Waals surface area contributed by atoms with Gasteiger partial charge < -0.3 is 20.4 Å². The third-order valence-electron chi connectivity index (χ3n) is 4.33. The summed E-state index contributed by atoms with van der Waals surface area (Å²) in [7, 11) is 0. The predicted octanol–water partition coefficient (Wildman–Crippen LogP) is -0.952. The fraction of sp³-hybridized carbons (Fsp3) is 0.667. The molecule has 4 heteroatoms. The van der Waals surface area contributed by atoms with Gasteiger partial charge in [0.2, 0.25) is 0 Å². The Morgan fingerprint density at radius 1 is 0.562 bits per heavy atom. The van der Waals surface area contributed by atoms with Crippen LogP contribution < -0.4 is 0 Å². The molecule has 0 bridgehead atoms. The molecule has 88 valence electrons. The van der Waals surface area contributed by atoms with Crippen molar-refractivity contribution in [2.24, 2.45) is 23.7 Å². The highest BCUT2D eigenvalue weighted by atomic mass is 16.3. The van der Waals surface area contributed by atoms with E-state index in [-0.39, 0.29) is 23.7 Å². The first-order valence-electron chi connectivity index (χ1n) is 5.70. The van der Waals surface area contributed by atoms with Crippen molar-refractivity contribution in [3.05, 3.63) is 24.3 Å². The fourth-order valence-corrected chi connectivity index (χ4v) is 3.47. The number of aliphatic hydroxyl groups excluding tert-OH is 4. The summed E-state index contributed by atoms with van der Waals surface area (Å²) in [5, 5.41) is 38.9. The Labute approximate surface area is 93.5 Å². The molecule has 3 aliphatic rings. The average molecular weight is 224 g/mol.